The second-order valence-corrected chi connectivity index (χ2v) is 5.13. The summed E-state index contributed by atoms with van der Waals surface area (Å²) in [4.78, 5) is 16.6. The van der Waals surface area contributed by atoms with Crippen molar-refractivity contribution in [1.82, 2.24) is 20.2 Å². The van der Waals surface area contributed by atoms with Crippen LogP contribution < -0.4 is 0 Å². The molecule has 2 aromatic carbocycles. The van der Waals surface area contributed by atoms with Gasteiger partial charge in [-0.2, -0.15) is 0 Å². The summed E-state index contributed by atoms with van der Waals surface area (Å²) in [5.74, 6) is -0.534. The Hall–Kier alpha value is -3.61. The van der Waals surface area contributed by atoms with Crippen molar-refractivity contribution in [3.05, 3.63) is 78.1 Å². The number of rotatable bonds is 5. The van der Waals surface area contributed by atoms with Crippen molar-refractivity contribution >= 4 is 17.8 Å². The summed E-state index contributed by atoms with van der Waals surface area (Å²) < 4.78 is 1.55. The summed E-state index contributed by atoms with van der Waals surface area (Å²) in [6.07, 6.45) is 4.53. The molecule has 1 aromatic heterocycles. The minimum Gasteiger partial charge on any atom is -0.313 e. The van der Waals surface area contributed by atoms with Gasteiger partial charge in [0, 0.05) is 6.08 Å². The van der Waals surface area contributed by atoms with Crippen LogP contribution in [-0.4, -0.2) is 31.9 Å². The number of hydrogen-bond donors (Lipinski definition) is 0. The van der Waals surface area contributed by atoms with Crippen LogP contribution in [0.15, 0.2) is 72.2 Å². The maximum Gasteiger partial charge on any atom is 0.358 e. The number of aromatic nitrogens is 4. The largest absolute Gasteiger partial charge is 0.358 e. The summed E-state index contributed by atoms with van der Waals surface area (Å²) in [7, 11) is 0. The van der Waals surface area contributed by atoms with E-state index in [1.807, 2.05) is 54.6 Å². The Kier molecular flexibility index (Phi) is 5.06. The quantitative estimate of drug-likeness (QED) is 0.310. The predicted molar refractivity (Wildman–Crippen MR) is 92.9 cm³/mol. The molecule has 0 atom stereocenters. The van der Waals surface area contributed by atoms with Crippen LogP contribution in [0.5, 0.6) is 0 Å². The van der Waals surface area contributed by atoms with E-state index in [0.29, 0.717) is 5.71 Å². The van der Waals surface area contributed by atoms with Crippen LogP contribution >= 0.6 is 0 Å². The summed E-state index contributed by atoms with van der Waals surface area (Å²) in [6, 6.07) is 16.9. The lowest BCUT2D eigenvalue weighted by atomic mass is 10.1. The van der Waals surface area contributed by atoms with Crippen molar-refractivity contribution in [2.24, 2.45) is 5.16 Å². The van der Waals surface area contributed by atoms with E-state index < -0.39 is 5.97 Å². The van der Waals surface area contributed by atoms with Crippen LogP contribution in [0, 0.1) is 0 Å². The van der Waals surface area contributed by atoms with Gasteiger partial charge in [0.2, 0.25) is 0 Å². The number of benzene rings is 2. The maximum absolute atomic E-state index is 11.7. The highest BCUT2D eigenvalue weighted by molar-refractivity contribution is 5.99. The lowest BCUT2D eigenvalue weighted by molar-refractivity contribution is -0.137. The van der Waals surface area contributed by atoms with Gasteiger partial charge in [0.25, 0.3) is 0 Å². The molecule has 0 spiro atoms. The Morgan fingerprint density at radius 3 is 2.56 bits per heavy atom. The van der Waals surface area contributed by atoms with E-state index in [1.165, 1.54) is 12.4 Å². The molecule has 0 saturated carbocycles. The Balaban J connectivity index is 1.61. The number of nitrogens with zero attached hydrogens (tertiary/aromatic N) is 5. The van der Waals surface area contributed by atoms with Gasteiger partial charge >= 0.3 is 5.97 Å². The second-order valence-electron chi connectivity index (χ2n) is 5.13. The topological polar surface area (TPSA) is 82.3 Å². The zero-order valence-electron chi connectivity index (χ0n) is 13.5. The van der Waals surface area contributed by atoms with Crippen molar-refractivity contribution in [2.45, 2.75) is 6.92 Å². The molecule has 0 aliphatic carbocycles. The van der Waals surface area contributed by atoms with E-state index in [4.69, 9.17) is 4.84 Å². The van der Waals surface area contributed by atoms with Crippen molar-refractivity contribution in [2.75, 3.05) is 0 Å². The third-order valence-electron chi connectivity index (χ3n) is 3.38. The fourth-order valence-corrected chi connectivity index (χ4v) is 2.06. The highest BCUT2D eigenvalue weighted by Gasteiger charge is 2.03. The van der Waals surface area contributed by atoms with Gasteiger partial charge in [-0.15, -0.1) is 5.10 Å². The molecular weight excluding hydrogens is 318 g/mol. The van der Waals surface area contributed by atoms with Gasteiger partial charge in [0.05, 0.1) is 11.4 Å². The van der Waals surface area contributed by atoms with Crippen LogP contribution in [0.4, 0.5) is 0 Å². The molecule has 0 unspecified atom stereocenters. The Morgan fingerprint density at radius 1 is 1.12 bits per heavy atom. The number of oxime groups is 1. The number of carbonyl (C=O) groups excluding carboxylic acids is 1. The second kappa shape index (κ2) is 7.78. The highest BCUT2D eigenvalue weighted by atomic mass is 16.7. The smallest absolute Gasteiger partial charge is 0.313 e. The first-order chi connectivity index (χ1) is 12.2. The highest BCUT2D eigenvalue weighted by Crippen LogP contribution is 2.09. The van der Waals surface area contributed by atoms with Crippen LogP contribution in [-0.2, 0) is 9.63 Å². The zero-order chi connectivity index (χ0) is 17.5. The zero-order valence-corrected chi connectivity index (χ0v) is 13.5. The molecule has 0 amide bonds. The molecule has 124 valence electrons. The van der Waals surface area contributed by atoms with Crippen molar-refractivity contribution in [3.8, 4) is 5.69 Å². The lowest BCUT2D eigenvalue weighted by Gasteiger charge is -2.02. The van der Waals surface area contributed by atoms with E-state index in [1.54, 1.807) is 17.7 Å². The Bertz CT molecular complexity index is 885. The first-order valence-corrected chi connectivity index (χ1v) is 7.55. The van der Waals surface area contributed by atoms with Crippen molar-refractivity contribution in [1.29, 1.82) is 0 Å². The summed E-state index contributed by atoms with van der Waals surface area (Å²) in [6.45, 7) is 1.76. The molecule has 0 radical (unpaired) electrons. The first-order valence-electron chi connectivity index (χ1n) is 7.55. The van der Waals surface area contributed by atoms with Crippen LogP contribution in [0.3, 0.4) is 0 Å². The van der Waals surface area contributed by atoms with Gasteiger partial charge in [-0.1, -0.05) is 47.6 Å². The van der Waals surface area contributed by atoms with Gasteiger partial charge in [0.1, 0.15) is 6.33 Å². The molecule has 0 fully saturated rings. The molecule has 0 aliphatic heterocycles. The molecule has 3 rings (SSSR count). The number of carbonyl (C=O) groups is 1. The minimum atomic E-state index is -0.534. The minimum absolute atomic E-state index is 0.534. The summed E-state index contributed by atoms with van der Waals surface area (Å²) in [5.41, 5.74) is 3.16. The van der Waals surface area contributed by atoms with Crippen LogP contribution in [0.2, 0.25) is 0 Å². The number of hydrogen-bond acceptors (Lipinski definition) is 6. The van der Waals surface area contributed by atoms with Gasteiger partial charge in [-0.25, -0.2) is 9.48 Å². The molecule has 0 saturated heterocycles. The molecule has 0 bridgehead atoms. The fourth-order valence-electron chi connectivity index (χ4n) is 2.06. The van der Waals surface area contributed by atoms with Crippen molar-refractivity contribution < 1.29 is 9.63 Å². The normalized spacial score (nSPS) is 11.6. The van der Waals surface area contributed by atoms with Crippen LogP contribution in [0.25, 0.3) is 11.8 Å². The average Bonchev–Trinajstić information content (AvgIpc) is 3.20. The summed E-state index contributed by atoms with van der Waals surface area (Å²) >= 11 is 0. The van der Waals surface area contributed by atoms with Gasteiger partial charge in [0.15, 0.2) is 0 Å². The predicted octanol–water partition coefficient (Wildman–Crippen LogP) is 2.64. The fraction of sp³-hybridized carbons (Fsp3) is 0.0556. The van der Waals surface area contributed by atoms with Crippen molar-refractivity contribution in [3.63, 3.8) is 0 Å². The van der Waals surface area contributed by atoms with E-state index in [0.717, 1.165) is 16.8 Å². The third kappa shape index (κ3) is 4.44. The summed E-state index contributed by atoms with van der Waals surface area (Å²) in [5, 5.41) is 14.9. The van der Waals surface area contributed by atoms with Gasteiger partial charge in [-0.05, 0) is 46.7 Å². The van der Waals surface area contributed by atoms with E-state index in [2.05, 4.69) is 20.7 Å². The molecule has 0 N–H and O–H groups in total. The maximum atomic E-state index is 11.7. The Labute approximate surface area is 144 Å². The molecular formula is C18H15N5O2. The average molecular weight is 333 g/mol. The monoisotopic (exact) mass is 333 g/mol. The number of tetrazole rings is 1. The molecule has 3 aromatic rings. The van der Waals surface area contributed by atoms with E-state index in [9.17, 15) is 4.79 Å². The molecule has 1 heterocycles. The van der Waals surface area contributed by atoms with Gasteiger partial charge in [-0.3, -0.25) is 0 Å². The lowest BCUT2D eigenvalue weighted by Crippen LogP contribution is -2.01. The van der Waals surface area contributed by atoms with Gasteiger partial charge < -0.3 is 4.84 Å². The first kappa shape index (κ1) is 16.3. The standard InChI is InChI=1S/C18H15N5O2/c1-14(16-8-10-17(11-9-16)23-13-19-21-22-23)20-25-18(24)12-7-15-5-3-2-4-6-15/h2-13H,1H3. The molecule has 7 heteroatoms. The van der Waals surface area contributed by atoms with E-state index >= 15 is 0 Å². The van der Waals surface area contributed by atoms with E-state index in [-0.39, 0.29) is 0 Å². The molecule has 0 aliphatic rings. The molecule has 7 nitrogen and oxygen atoms in total. The SMILES string of the molecule is CC(=NOC(=O)C=Cc1ccccc1)c1ccc(-n2cnnn2)cc1. The molecule has 25 heavy (non-hydrogen) atoms. The van der Waals surface area contributed by atoms with Crippen LogP contribution in [0.1, 0.15) is 18.1 Å². The Morgan fingerprint density at radius 2 is 1.88 bits per heavy atom. The third-order valence-corrected chi connectivity index (χ3v) is 3.38.